The maximum atomic E-state index is 12.7. The molecule has 0 amide bonds. The van der Waals surface area contributed by atoms with Gasteiger partial charge in [-0.15, -0.1) is 0 Å². The fourth-order valence-electron chi connectivity index (χ4n) is 2.11. The Morgan fingerprint density at radius 3 is 2.53 bits per heavy atom. The molecule has 1 aromatic carbocycles. The molecule has 0 aliphatic heterocycles. The van der Waals surface area contributed by atoms with E-state index in [1.165, 1.54) is 6.07 Å². The summed E-state index contributed by atoms with van der Waals surface area (Å²) in [5.74, 6) is 0.0724. The quantitative estimate of drug-likeness (QED) is 0.756. The third kappa shape index (κ3) is 2.70. The molecule has 0 saturated heterocycles. The molecular formula is C12H10BrF3O. The molecule has 0 heterocycles. The summed E-state index contributed by atoms with van der Waals surface area (Å²) in [7, 11) is 0. The smallest absolute Gasteiger partial charge is 0.300 e. The normalized spacial score (nSPS) is 20.9. The van der Waals surface area contributed by atoms with E-state index in [9.17, 15) is 18.0 Å². The molecule has 0 N–H and O–H groups in total. The minimum atomic E-state index is -4.36. The molecule has 0 aromatic heterocycles. The Balaban J connectivity index is 2.34. The van der Waals surface area contributed by atoms with E-state index >= 15 is 0 Å². The van der Waals surface area contributed by atoms with Crippen LogP contribution < -0.4 is 0 Å². The van der Waals surface area contributed by atoms with Gasteiger partial charge in [-0.05, 0) is 30.0 Å². The van der Waals surface area contributed by atoms with Gasteiger partial charge in [0.1, 0.15) is 5.78 Å². The zero-order valence-corrected chi connectivity index (χ0v) is 10.4. The van der Waals surface area contributed by atoms with Crippen molar-refractivity contribution in [3.8, 4) is 0 Å². The van der Waals surface area contributed by atoms with Crippen molar-refractivity contribution < 1.29 is 18.0 Å². The molecule has 0 unspecified atom stereocenters. The second-order valence-electron chi connectivity index (χ2n) is 4.22. The van der Waals surface area contributed by atoms with E-state index in [0.717, 1.165) is 6.07 Å². The van der Waals surface area contributed by atoms with Crippen molar-refractivity contribution in [1.82, 2.24) is 0 Å². The van der Waals surface area contributed by atoms with E-state index in [2.05, 4.69) is 15.9 Å². The van der Waals surface area contributed by atoms with E-state index in [1.807, 2.05) is 0 Å². The van der Waals surface area contributed by atoms with Gasteiger partial charge in [0, 0.05) is 17.3 Å². The van der Waals surface area contributed by atoms with Gasteiger partial charge in [-0.1, -0.05) is 22.0 Å². The van der Waals surface area contributed by atoms with Crippen LogP contribution in [-0.4, -0.2) is 5.78 Å². The van der Waals surface area contributed by atoms with Crippen LogP contribution in [0.2, 0.25) is 0 Å². The molecule has 1 atom stereocenters. The van der Waals surface area contributed by atoms with Crippen LogP contribution in [0.1, 0.15) is 36.3 Å². The van der Waals surface area contributed by atoms with Gasteiger partial charge in [0.05, 0.1) is 5.56 Å². The van der Waals surface area contributed by atoms with Crippen LogP contribution in [0, 0.1) is 0 Å². The lowest BCUT2D eigenvalue weighted by Crippen LogP contribution is -2.07. The van der Waals surface area contributed by atoms with Crippen molar-refractivity contribution >= 4 is 21.7 Å². The SMILES string of the molecule is O=C1CC[C@@H](c2ccc(Br)c(C(F)(F)F)c2)C1. The summed E-state index contributed by atoms with van der Waals surface area (Å²) in [5.41, 5.74) is -0.0688. The molecule has 1 aliphatic rings. The molecule has 1 aliphatic carbocycles. The fourth-order valence-corrected chi connectivity index (χ4v) is 2.58. The molecule has 0 spiro atoms. The van der Waals surface area contributed by atoms with Gasteiger partial charge in [0.25, 0.3) is 0 Å². The minimum Gasteiger partial charge on any atom is -0.300 e. The number of hydrogen-bond acceptors (Lipinski definition) is 1. The van der Waals surface area contributed by atoms with Gasteiger partial charge >= 0.3 is 6.18 Å². The van der Waals surface area contributed by atoms with Crippen molar-refractivity contribution in [3.63, 3.8) is 0 Å². The Morgan fingerprint density at radius 2 is 2.00 bits per heavy atom. The molecular weight excluding hydrogens is 297 g/mol. The summed E-state index contributed by atoms with van der Waals surface area (Å²) in [6.45, 7) is 0. The Labute approximate surface area is 105 Å². The van der Waals surface area contributed by atoms with Gasteiger partial charge in [-0.2, -0.15) is 13.2 Å². The van der Waals surface area contributed by atoms with Crippen molar-refractivity contribution in [2.75, 3.05) is 0 Å². The van der Waals surface area contributed by atoms with Gasteiger partial charge in [0.2, 0.25) is 0 Å². The highest BCUT2D eigenvalue weighted by Crippen LogP contribution is 2.39. The Morgan fingerprint density at radius 1 is 1.29 bits per heavy atom. The number of carbonyl (C=O) groups is 1. The minimum absolute atomic E-state index is 0.0399. The summed E-state index contributed by atoms with van der Waals surface area (Å²) in [6, 6.07) is 4.21. The number of benzene rings is 1. The van der Waals surface area contributed by atoms with Crippen LogP contribution in [0.5, 0.6) is 0 Å². The van der Waals surface area contributed by atoms with E-state index in [0.29, 0.717) is 24.8 Å². The number of rotatable bonds is 1. The number of hydrogen-bond donors (Lipinski definition) is 0. The summed E-state index contributed by atoms with van der Waals surface area (Å²) in [6.07, 6.45) is -2.88. The van der Waals surface area contributed by atoms with Gasteiger partial charge in [-0.3, -0.25) is 4.79 Å². The van der Waals surface area contributed by atoms with Crippen LogP contribution in [0.3, 0.4) is 0 Å². The first-order valence-corrected chi connectivity index (χ1v) is 6.05. The summed E-state index contributed by atoms with van der Waals surface area (Å²) in [4.78, 5) is 11.1. The summed E-state index contributed by atoms with van der Waals surface area (Å²) in [5, 5.41) is 0. The fraction of sp³-hybridized carbons (Fsp3) is 0.417. The molecule has 1 fully saturated rings. The van der Waals surface area contributed by atoms with E-state index < -0.39 is 11.7 Å². The van der Waals surface area contributed by atoms with Crippen LogP contribution in [-0.2, 0) is 11.0 Å². The molecule has 1 aromatic rings. The monoisotopic (exact) mass is 306 g/mol. The number of halogens is 4. The lowest BCUT2D eigenvalue weighted by Gasteiger charge is -2.14. The van der Waals surface area contributed by atoms with Crippen LogP contribution in [0.4, 0.5) is 13.2 Å². The average Bonchev–Trinajstić information content (AvgIpc) is 2.64. The molecule has 1 nitrogen and oxygen atoms in total. The highest BCUT2D eigenvalue weighted by molar-refractivity contribution is 9.10. The Kier molecular flexibility index (Phi) is 3.30. The van der Waals surface area contributed by atoms with Gasteiger partial charge in [0.15, 0.2) is 0 Å². The first-order valence-electron chi connectivity index (χ1n) is 5.26. The number of Topliss-reactive ketones (excluding diaryl/α,β-unsaturated/α-hetero) is 1. The van der Waals surface area contributed by atoms with Gasteiger partial charge in [-0.25, -0.2) is 0 Å². The molecule has 1 saturated carbocycles. The van der Waals surface area contributed by atoms with Gasteiger partial charge < -0.3 is 0 Å². The maximum absolute atomic E-state index is 12.7. The number of carbonyl (C=O) groups excluding carboxylic acids is 1. The largest absolute Gasteiger partial charge is 0.417 e. The lowest BCUT2D eigenvalue weighted by molar-refractivity contribution is -0.138. The highest BCUT2D eigenvalue weighted by atomic mass is 79.9. The lowest BCUT2D eigenvalue weighted by atomic mass is 9.96. The average molecular weight is 307 g/mol. The van der Waals surface area contributed by atoms with Crippen molar-refractivity contribution in [3.05, 3.63) is 33.8 Å². The zero-order valence-electron chi connectivity index (χ0n) is 8.85. The highest BCUT2D eigenvalue weighted by Gasteiger charge is 2.34. The van der Waals surface area contributed by atoms with Crippen molar-refractivity contribution in [2.45, 2.75) is 31.4 Å². The predicted molar refractivity (Wildman–Crippen MR) is 60.7 cm³/mol. The van der Waals surface area contributed by atoms with Crippen molar-refractivity contribution in [1.29, 1.82) is 0 Å². The predicted octanol–water partition coefficient (Wildman–Crippen LogP) is 4.30. The second kappa shape index (κ2) is 4.44. The number of alkyl halides is 3. The zero-order chi connectivity index (χ0) is 12.6. The van der Waals surface area contributed by atoms with Crippen molar-refractivity contribution in [2.24, 2.45) is 0 Å². The van der Waals surface area contributed by atoms with E-state index in [4.69, 9.17) is 0 Å². The second-order valence-corrected chi connectivity index (χ2v) is 5.07. The third-order valence-electron chi connectivity index (χ3n) is 3.01. The molecule has 5 heteroatoms. The van der Waals surface area contributed by atoms with Crippen LogP contribution >= 0.6 is 15.9 Å². The van der Waals surface area contributed by atoms with Crippen LogP contribution in [0.25, 0.3) is 0 Å². The van der Waals surface area contributed by atoms with E-state index in [1.54, 1.807) is 6.07 Å². The standard InChI is InChI=1S/C12H10BrF3O/c13-11-4-2-8(6-10(11)12(14,15)16)7-1-3-9(17)5-7/h2,4,6-7H,1,3,5H2/t7-/m1/s1. The third-order valence-corrected chi connectivity index (χ3v) is 3.70. The van der Waals surface area contributed by atoms with Crippen LogP contribution in [0.15, 0.2) is 22.7 Å². The molecule has 2 rings (SSSR count). The topological polar surface area (TPSA) is 17.1 Å². The first kappa shape index (κ1) is 12.6. The molecule has 92 valence electrons. The maximum Gasteiger partial charge on any atom is 0.417 e. The Bertz CT molecular complexity index is 454. The summed E-state index contributed by atoms with van der Waals surface area (Å²) < 4.78 is 38.1. The molecule has 0 bridgehead atoms. The molecule has 0 radical (unpaired) electrons. The van der Waals surface area contributed by atoms with E-state index in [-0.39, 0.29) is 16.2 Å². The molecule has 17 heavy (non-hydrogen) atoms. The Hall–Kier alpha value is -0.840. The first-order chi connectivity index (χ1) is 7.88. The summed E-state index contributed by atoms with van der Waals surface area (Å²) >= 11 is 2.90. The number of ketones is 1.